The van der Waals surface area contributed by atoms with E-state index in [4.69, 9.17) is 9.47 Å². The van der Waals surface area contributed by atoms with E-state index >= 15 is 0 Å². The molecule has 0 radical (unpaired) electrons. The van der Waals surface area contributed by atoms with E-state index in [1.807, 2.05) is 0 Å². The lowest BCUT2D eigenvalue weighted by molar-refractivity contribution is -0.240. The van der Waals surface area contributed by atoms with Crippen LogP contribution in [-0.2, 0) is 9.47 Å². The molecule has 2 nitrogen and oxygen atoms in total. The molecule has 0 aromatic heterocycles. The second kappa shape index (κ2) is 8.26. The molecule has 0 aromatic carbocycles. The molecule has 112 valence electrons. The molecule has 0 aromatic rings. The zero-order valence-corrected chi connectivity index (χ0v) is 12.9. The summed E-state index contributed by atoms with van der Waals surface area (Å²) in [5.41, 5.74) is 0. The van der Waals surface area contributed by atoms with Gasteiger partial charge in [0.05, 0.1) is 12.7 Å². The van der Waals surface area contributed by atoms with E-state index in [-0.39, 0.29) is 6.29 Å². The van der Waals surface area contributed by atoms with Gasteiger partial charge < -0.3 is 9.47 Å². The van der Waals surface area contributed by atoms with Crippen molar-refractivity contribution in [2.24, 2.45) is 11.8 Å². The van der Waals surface area contributed by atoms with E-state index in [9.17, 15) is 0 Å². The second-order valence-electron chi connectivity index (χ2n) is 6.47. The Morgan fingerprint density at radius 3 is 2.42 bits per heavy atom. The number of ether oxygens (including phenoxy) is 2. The fraction of sp³-hybridized carbons (Fsp3) is 1.00. The van der Waals surface area contributed by atoms with Crippen LogP contribution in [0.3, 0.4) is 0 Å². The van der Waals surface area contributed by atoms with Crippen molar-refractivity contribution in [3.05, 3.63) is 0 Å². The fourth-order valence-electron chi connectivity index (χ4n) is 3.59. The van der Waals surface area contributed by atoms with Crippen molar-refractivity contribution < 1.29 is 9.47 Å². The molecule has 1 aliphatic heterocycles. The quantitative estimate of drug-likeness (QED) is 0.637. The average molecular weight is 268 g/mol. The predicted molar refractivity (Wildman–Crippen MR) is 79.1 cm³/mol. The van der Waals surface area contributed by atoms with Gasteiger partial charge in [0.1, 0.15) is 0 Å². The van der Waals surface area contributed by atoms with Gasteiger partial charge in [-0.2, -0.15) is 0 Å². The van der Waals surface area contributed by atoms with E-state index in [0.717, 1.165) is 25.4 Å². The molecule has 0 spiro atoms. The van der Waals surface area contributed by atoms with Gasteiger partial charge in [-0.15, -0.1) is 0 Å². The molecule has 2 heteroatoms. The van der Waals surface area contributed by atoms with Crippen molar-refractivity contribution >= 4 is 0 Å². The Kier molecular flexibility index (Phi) is 6.66. The number of rotatable bonds is 6. The molecule has 0 N–H and O–H groups in total. The summed E-state index contributed by atoms with van der Waals surface area (Å²) in [6.07, 6.45) is 13.8. The summed E-state index contributed by atoms with van der Waals surface area (Å²) in [6, 6.07) is 0. The zero-order chi connectivity index (χ0) is 13.5. The highest BCUT2D eigenvalue weighted by molar-refractivity contribution is 4.77. The molecule has 2 unspecified atom stereocenters. The van der Waals surface area contributed by atoms with E-state index in [1.165, 1.54) is 51.4 Å². The Hall–Kier alpha value is -0.0800. The van der Waals surface area contributed by atoms with Crippen LogP contribution in [0.15, 0.2) is 0 Å². The standard InChI is InChI=1S/C17H32O2/c1-3-5-6-7-14-8-10-15(11-9-14)17-18-13-12-16(4-2)19-17/h14-17H,3-13H2,1-2H3/t14-,15-,16?,17?. The number of hydrogen-bond donors (Lipinski definition) is 0. The molecule has 1 aliphatic carbocycles. The number of hydrogen-bond acceptors (Lipinski definition) is 2. The lowest BCUT2D eigenvalue weighted by Gasteiger charge is -2.38. The summed E-state index contributed by atoms with van der Waals surface area (Å²) in [7, 11) is 0. The van der Waals surface area contributed by atoms with Crippen LogP contribution < -0.4 is 0 Å². The van der Waals surface area contributed by atoms with Gasteiger partial charge in [0.2, 0.25) is 0 Å². The predicted octanol–water partition coefficient (Wildman–Crippen LogP) is 4.91. The van der Waals surface area contributed by atoms with Crippen molar-refractivity contribution in [3.63, 3.8) is 0 Å². The summed E-state index contributed by atoms with van der Waals surface area (Å²) in [5.74, 6) is 1.64. The molecule has 0 bridgehead atoms. The largest absolute Gasteiger partial charge is 0.352 e. The minimum absolute atomic E-state index is 0.107. The molecule has 2 atom stereocenters. The Labute approximate surface area is 119 Å². The third kappa shape index (κ3) is 4.75. The highest BCUT2D eigenvalue weighted by atomic mass is 16.7. The molecule has 2 rings (SSSR count). The maximum Gasteiger partial charge on any atom is 0.160 e. The molecule has 2 fully saturated rings. The maximum atomic E-state index is 6.09. The fourth-order valence-corrected chi connectivity index (χ4v) is 3.59. The van der Waals surface area contributed by atoms with Crippen LogP contribution >= 0.6 is 0 Å². The van der Waals surface area contributed by atoms with Crippen LogP contribution in [0.5, 0.6) is 0 Å². The molecular formula is C17H32O2. The van der Waals surface area contributed by atoms with Crippen LogP contribution in [-0.4, -0.2) is 19.0 Å². The van der Waals surface area contributed by atoms with Gasteiger partial charge in [0.15, 0.2) is 6.29 Å². The maximum absolute atomic E-state index is 6.09. The van der Waals surface area contributed by atoms with E-state index in [1.54, 1.807) is 0 Å². The lowest BCUT2D eigenvalue weighted by Crippen LogP contribution is -2.38. The van der Waals surface area contributed by atoms with Crippen molar-refractivity contribution in [3.8, 4) is 0 Å². The molecule has 19 heavy (non-hydrogen) atoms. The minimum atomic E-state index is 0.107. The lowest BCUT2D eigenvalue weighted by atomic mass is 9.79. The summed E-state index contributed by atoms with van der Waals surface area (Å²) >= 11 is 0. The van der Waals surface area contributed by atoms with Gasteiger partial charge in [-0.3, -0.25) is 0 Å². The molecule has 1 saturated carbocycles. The summed E-state index contributed by atoms with van der Waals surface area (Å²) < 4.78 is 11.9. The van der Waals surface area contributed by atoms with Crippen LogP contribution in [0.2, 0.25) is 0 Å². The van der Waals surface area contributed by atoms with Crippen molar-refractivity contribution in [1.82, 2.24) is 0 Å². The van der Waals surface area contributed by atoms with Crippen molar-refractivity contribution in [2.45, 2.75) is 90.4 Å². The van der Waals surface area contributed by atoms with Crippen LogP contribution in [0.25, 0.3) is 0 Å². The highest BCUT2D eigenvalue weighted by Gasteiger charge is 2.32. The first-order valence-electron chi connectivity index (χ1n) is 8.60. The van der Waals surface area contributed by atoms with Gasteiger partial charge in [0.25, 0.3) is 0 Å². The topological polar surface area (TPSA) is 18.5 Å². The molecule has 1 saturated heterocycles. The normalized spacial score (nSPS) is 36.3. The first kappa shape index (κ1) is 15.3. The van der Waals surface area contributed by atoms with Crippen LogP contribution in [0, 0.1) is 11.8 Å². The summed E-state index contributed by atoms with van der Waals surface area (Å²) in [4.78, 5) is 0. The van der Waals surface area contributed by atoms with E-state index in [2.05, 4.69) is 13.8 Å². The highest BCUT2D eigenvalue weighted by Crippen LogP contribution is 2.36. The Morgan fingerprint density at radius 2 is 1.74 bits per heavy atom. The number of unbranched alkanes of at least 4 members (excludes halogenated alkanes) is 2. The van der Waals surface area contributed by atoms with Gasteiger partial charge in [-0.1, -0.05) is 39.5 Å². The van der Waals surface area contributed by atoms with Gasteiger partial charge in [0, 0.05) is 5.92 Å². The second-order valence-corrected chi connectivity index (χ2v) is 6.47. The Balaban J connectivity index is 1.67. The third-order valence-electron chi connectivity index (χ3n) is 5.00. The Morgan fingerprint density at radius 1 is 0.947 bits per heavy atom. The van der Waals surface area contributed by atoms with Gasteiger partial charge in [-0.05, 0) is 44.4 Å². The molecule has 0 amide bonds. The molecule has 1 heterocycles. The SMILES string of the molecule is CCCCC[C@H]1CC[C@H](C2OCCC(CC)O2)CC1. The van der Waals surface area contributed by atoms with Crippen molar-refractivity contribution in [1.29, 1.82) is 0 Å². The molecular weight excluding hydrogens is 236 g/mol. The zero-order valence-electron chi connectivity index (χ0n) is 12.9. The van der Waals surface area contributed by atoms with E-state index in [0.29, 0.717) is 12.0 Å². The van der Waals surface area contributed by atoms with Gasteiger partial charge >= 0.3 is 0 Å². The first-order chi connectivity index (χ1) is 9.33. The Bertz CT molecular complexity index is 233. The summed E-state index contributed by atoms with van der Waals surface area (Å²) in [6.45, 7) is 5.41. The van der Waals surface area contributed by atoms with Crippen molar-refractivity contribution in [2.75, 3.05) is 6.61 Å². The first-order valence-corrected chi connectivity index (χ1v) is 8.60. The third-order valence-corrected chi connectivity index (χ3v) is 5.00. The van der Waals surface area contributed by atoms with Gasteiger partial charge in [-0.25, -0.2) is 0 Å². The summed E-state index contributed by atoms with van der Waals surface area (Å²) in [5, 5.41) is 0. The minimum Gasteiger partial charge on any atom is -0.352 e. The average Bonchev–Trinajstić information content (AvgIpc) is 2.48. The van der Waals surface area contributed by atoms with Crippen LogP contribution in [0.4, 0.5) is 0 Å². The smallest absolute Gasteiger partial charge is 0.160 e. The van der Waals surface area contributed by atoms with E-state index < -0.39 is 0 Å². The van der Waals surface area contributed by atoms with Crippen LogP contribution in [0.1, 0.15) is 78.1 Å². The molecule has 2 aliphatic rings. The monoisotopic (exact) mass is 268 g/mol.